The maximum Gasteiger partial charge on any atom is 0.224 e. The normalized spacial score (nSPS) is 12.2. The van der Waals surface area contributed by atoms with Crippen LogP contribution in [0.15, 0.2) is 24.3 Å². The average molecular weight is 235 g/mol. The fraction of sp³-hybridized carbons (Fsp3) is 0.500. The molecule has 0 fully saturated rings. The third-order valence-corrected chi connectivity index (χ3v) is 2.60. The molecule has 1 unspecified atom stereocenters. The van der Waals surface area contributed by atoms with Crippen molar-refractivity contribution in [3.05, 3.63) is 29.8 Å². The molecule has 3 nitrogen and oxygen atoms in total. The molecule has 1 atom stereocenters. The van der Waals surface area contributed by atoms with Gasteiger partial charge in [0.25, 0.3) is 0 Å². The van der Waals surface area contributed by atoms with E-state index in [0.717, 1.165) is 18.5 Å². The standard InChI is InChI=1S/C14H21NO2/c1-3-6-12-7-4-5-8-13(12)15-14(17)10-9-11(2)16/h4-5,7-8,11,16H,3,6,9-10H2,1-2H3,(H,15,17). The van der Waals surface area contributed by atoms with E-state index in [2.05, 4.69) is 12.2 Å². The van der Waals surface area contributed by atoms with Crippen LogP contribution in [-0.4, -0.2) is 17.1 Å². The van der Waals surface area contributed by atoms with Gasteiger partial charge in [0.15, 0.2) is 0 Å². The number of hydrogen-bond acceptors (Lipinski definition) is 2. The maximum absolute atomic E-state index is 11.7. The fourth-order valence-electron chi connectivity index (χ4n) is 1.68. The molecule has 17 heavy (non-hydrogen) atoms. The third kappa shape index (κ3) is 5.00. The van der Waals surface area contributed by atoms with Gasteiger partial charge in [-0.05, 0) is 31.4 Å². The molecule has 0 heterocycles. The number of benzene rings is 1. The first kappa shape index (κ1) is 13.7. The summed E-state index contributed by atoms with van der Waals surface area (Å²) in [6, 6.07) is 7.86. The summed E-state index contributed by atoms with van der Waals surface area (Å²) in [6.45, 7) is 3.81. The molecular weight excluding hydrogens is 214 g/mol. The van der Waals surface area contributed by atoms with E-state index in [0.29, 0.717) is 12.8 Å². The predicted octanol–water partition coefficient (Wildman–Crippen LogP) is 2.74. The van der Waals surface area contributed by atoms with E-state index in [1.54, 1.807) is 6.92 Å². The van der Waals surface area contributed by atoms with E-state index in [9.17, 15) is 4.79 Å². The van der Waals surface area contributed by atoms with E-state index in [-0.39, 0.29) is 5.91 Å². The highest BCUT2D eigenvalue weighted by atomic mass is 16.3. The molecule has 94 valence electrons. The van der Waals surface area contributed by atoms with Crippen molar-refractivity contribution >= 4 is 11.6 Å². The number of anilines is 1. The Labute approximate surface area is 103 Å². The summed E-state index contributed by atoms with van der Waals surface area (Å²) >= 11 is 0. The zero-order valence-corrected chi connectivity index (χ0v) is 10.6. The number of hydrogen-bond donors (Lipinski definition) is 2. The molecule has 1 aromatic carbocycles. The van der Waals surface area contributed by atoms with E-state index in [1.807, 2.05) is 24.3 Å². The van der Waals surface area contributed by atoms with Gasteiger partial charge >= 0.3 is 0 Å². The molecule has 0 radical (unpaired) electrons. The highest BCUT2D eigenvalue weighted by Gasteiger charge is 2.07. The average Bonchev–Trinajstić information content (AvgIpc) is 2.29. The van der Waals surface area contributed by atoms with Gasteiger partial charge in [0.2, 0.25) is 5.91 Å². The van der Waals surface area contributed by atoms with Gasteiger partial charge in [-0.3, -0.25) is 4.79 Å². The lowest BCUT2D eigenvalue weighted by atomic mass is 10.1. The van der Waals surface area contributed by atoms with Crippen molar-refractivity contribution < 1.29 is 9.90 Å². The number of rotatable bonds is 6. The summed E-state index contributed by atoms with van der Waals surface area (Å²) < 4.78 is 0. The largest absolute Gasteiger partial charge is 0.393 e. The highest BCUT2D eigenvalue weighted by molar-refractivity contribution is 5.91. The lowest BCUT2D eigenvalue weighted by Gasteiger charge is -2.10. The monoisotopic (exact) mass is 235 g/mol. The molecule has 0 aliphatic heterocycles. The van der Waals surface area contributed by atoms with Crippen molar-refractivity contribution in [2.45, 2.75) is 45.6 Å². The molecule has 0 aromatic heterocycles. The summed E-state index contributed by atoms with van der Waals surface area (Å²) in [5.74, 6) is -0.0329. The highest BCUT2D eigenvalue weighted by Crippen LogP contribution is 2.17. The van der Waals surface area contributed by atoms with Crippen LogP contribution >= 0.6 is 0 Å². The Kier molecular flexibility index (Phi) is 5.70. The Balaban J connectivity index is 2.58. The van der Waals surface area contributed by atoms with Gasteiger partial charge < -0.3 is 10.4 Å². The SMILES string of the molecule is CCCc1ccccc1NC(=O)CCC(C)O. The van der Waals surface area contributed by atoms with Crippen LogP contribution in [0.4, 0.5) is 5.69 Å². The summed E-state index contributed by atoms with van der Waals surface area (Å²) in [6.07, 6.45) is 2.46. The van der Waals surface area contributed by atoms with E-state index in [4.69, 9.17) is 5.11 Å². The van der Waals surface area contributed by atoms with Crippen LogP contribution < -0.4 is 5.32 Å². The predicted molar refractivity (Wildman–Crippen MR) is 70.0 cm³/mol. The first-order valence-electron chi connectivity index (χ1n) is 6.19. The van der Waals surface area contributed by atoms with Crippen molar-refractivity contribution in [1.29, 1.82) is 0 Å². The Morgan fingerprint density at radius 2 is 2.12 bits per heavy atom. The minimum atomic E-state index is -0.424. The zero-order valence-electron chi connectivity index (χ0n) is 10.6. The van der Waals surface area contributed by atoms with Crippen LogP contribution in [0.3, 0.4) is 0 Å². The van der Waals surface area contributed by atoms with Crippen LogP contribution in [0.5, 0.6) is 0 Å². The lowest BCUT2D eigenvalue weighted by Crippen LogP contribution is -2.15. The maximum atomic E-state index is 11.7. The van der Waals surface area contributed by atoms with E-state index >= 15 is 0 Å². The molecule has 0 aliphatic carbocycles. The van der Waals surface area contributed by atoms with Crippen LogP contribution in [0, 0.1) is 0 Å². The Bertz CT molecular complexity index is 361. The van der Waals surface area contributed by atoms with Gasteiger partial charge in [0.1, 0.15) is 0 Å². The molecule has 1 amide bonds. The van der Waals surface area contributed by atoms with Crippen LogP contribution in [0.2, 0.25) is 0 Å². The summed E-state index contributed by atoms with van der Waals surface area (Å²) in [5.41, 5.74) is 2.06. The Morgan fingerprint density at radius 3 is 2.76 bits per heavy atom. The summed E-state index contributed by atoms with van der Waals surface area (Å²) in [7, 11) is 0. The molecule has 0 bridgehead atoms. The second kappa shape index (κ2) is 7.07. The zero-order chi connectivity index (χ0) is 12.7. The van der Waals surface area contributed by atoms with E-state index < -0.39 is 6.10 Å². The first-order valence-corrected chi connectivity index (χ1v) is 6.19. The van der Waals surface area contributed by atoms with Crippen molar-refractivity contribution in [1.82, 2.24) is 0 Å². The summed E-state index contributed by atoms with van der Waals surface area (Å²) in [5, 5.41) is 12.0. The minimum absolute atomic E-state index is 0.0329. The molecule has 1 rings (SSSR count). The van der Waals surface area contributed by atoms with Crippen molar-refractivity contribution in [3.8, 4) is 0 Å². The third-order valence-electron chi connectivity index (χ3n) is 2.60. The topological polar surface area (TPSA) is 49.3 Å². The number of aliphatic hydroxyl groups excluding tert-OH is 1. The molecule has 0 aliphatic rings. The van der Waals surface area contributed by atoms with Crippen molar-refractivity contribution in [3.63, 3.8) is 0 Å². The van der Waals surface area contributed by atoms with Gasteiger partial charge in [-0.1, -0.05) is 31.5 Å². The lowest BCUT2D eigenvalue weighted by molar-refractivity contribution is -0.116. The molecule has 0 saturated heterocycles. The molecule has 0 saturated carbocycles. The number of aliphatic hydroxyl groups is 1. The Morgan fingerprint density at radius 1 is 1.41 bits per heavy atom. The number of nitrogens with one attached hydrogen (secondary N) is 1. The van der Waals surface area contributed by atoms with Gasteiger partial charge in [-0.15, -0.1) is 0 Å². The second-order valence-electron chi connectivity index (χ2n) is 4.34. The van der Waals surface area contributed by atoms with Crippen LogP contribution in [-0.2, 0) is 11.2 Å². The van der Waals surface area contributed by atoms with Gasteiger partial charge in [0.05, 0.1) is 6.10 Å². The minimum Gasteiger partial charge on any atom is -0.393 e. The smallest absolute Gasteiger partial charge is 0.224 e. The second-order valence-corrected chi connectivity index (χ2v) is 4.34. The Hall–Kier alpha value is -1.35. The van der Waals surface area contributed by atoms with Crippen LogP contribution in [0.1, 0.15) is 38.7 Å². The molecular formula is C14H21NO2. The molecule has 3 heteroatoms. The number of para-hydroxylation sites is 1. The number of carbonyl (C=O) groups is 1. The van der Waals surface area contributed by atoms with Crippen molar-refractivity contribution in [2.75, 3.05) is 5.32 Å². The molecule has 2 N–H and O–H groups in total. The van der Waals surface area contributed by atoms with Crippen LogP contribution in [0.25, 0.3) is 0 Å². The first-order chi connectivity index (χ1) is 8.13. The number of carbonyl (C=O) groups excluding carboxylic acids is 1. The quantitative estimate of drug-likeness (QED) is 0.796. The fourth-order valence-corrected chi connectivity index (χ4v) is 1.68. The molecule has 0 spiro atoms. The number of amides is 1. The summed E-state index contributed by atoms with van der Waals surface area (Å²) in [4.78, 5) is 11.7. The van der Waals surface area contributed by atoms with Crippen molar-refractivity contribution in [2.24, 2.45) is 0 Å². The number of aryl methyl sites for hydroxylation is 1. The van der Waals surface area contributed by atoms with Gasteiger partial charge in [0, 0.05) is 12.1 Å². The van der Waals surface area contributed by atoms with Gasteiger partial charge in [-0.25, -0.2) is 0 Å². The molecule has 1 aromatic rings. The van der Waals surface area contributed by atoms with Gasteiger partial charge in [-0.2, -0.15) is 0 Å². The van der Waals surface area contributed by atoms with E-state index in [1.165, 1.54) is 5.56 Å².